The van der Waals surface area contributed by atoms with Gasteiger partial charge in [0.25, 0.3) is 12.4 Å². The molecule has 0 aliphatic carbocycles. The van der Waals surface area contributed by atoms with Gasteiger partial charge >= 0.3 is 5.97 Å². The van der Waals surface area contributed by atoms with Crippen molar-refractivity contribution < 1.29 is 19.2 Å². The molecule has 0 aromatic rings. The Bertz CT molecular complexity index is 230. The Kier molecular flexibility index (Phi) is 4.41. The van der Waals surface area contributed by atoms with E-state index in [-0.39, 0.29) is 5.57 Å². The molecule has 0 aliphatic heterocycles. The number of carbonyl (C=O) groups is 1. The summed E-state index contributed by atoms with van der Waals surface area (Å²) in [6.45, 7) is 6.27. The SMILES string of the molecule is C=C(C)C(=O)OC(C)ON=C=O. The Morgan fingerprint density at radius 2 is 2.25 bits per heavy atom. The highest BCUT2D eigenvalue weighted by atomic mass is 16.8. The van der Waals surface area contributed by atoms with Crippen LogP contribution >= 0.6 is 0 Å². The molecule has 0 fully saturated rings. The van der Waals surface area contributed by atoms with Crippen molar-refractivity contribution in [2.24, 2.45) is 5.16 Å². The molecule has 0 aromatic heterocycles. The minimum absolute atomic E-state index is 0.250. The number of carbonyl (C=O) groups excluding carboxylic acids is 2. The van der Waals surface area contributed by atoms with Crippen LogP contribution in [0.2, 0.25) is 0 Å². The highest BCUT2D eigenvalue weighted by Gasteiger charge is 2.09. The second-order valence-corrected chi connectivity index (χ2v) is 2.04. The Morgan fingerprint density at radius 1 is 1.67 bits per heavy atom. The Labute approximate surface area is 69.6 Å². The lowest BCUT2D eigenvalue weighted by Crippen LogP contribution is -2.16. The van der Waals surface area contributed by atoms with Gasteiger partial charge in [-0.05, 0) is 6.92 Å². The maximum absolute atomic E-state index is 10.8. The summed E-state index contributed by atoms with van der Waals surface area (Å²) < 4.78 is 4.58. The first-order valence-corrected chi connectivity index (χ1v) is 3.17. The summed E-state index contributed by atoms with van der Waals surface area (Å²) in [7, 11) is 0. The number of nitrogens with zero attached hydrogens (tertiary/aromatic N) is 1. The quantitative estimate of drug-likeness (QED) is 0.156. The van der Waals surface area contributed by atoms with Crippen molar-refractivity contribution in [2.75, 3.05) is 0 Å². The summed E-state index contributed by atoms with van der Waals surface area (Å²) >= 11 is 0. The van der Waals surface area contributed by atoms with Crippen molar-refractivity contribution in [2.45, 2.75) is 20.1 Å². The summed E-state index contributed by atoms with van der Waals surface area (Å²) in [6.07, 6.45) is 0.233. The molecule has 1 unspecified atom stereocenters. The Balaban J connectivity index is 3.83. The third-order valence-electron chi connectivity index (χ3n) is 0.860. The molecule has 0 radical (unpaired) electrons. The molecular formula is C7H9NO4. The topological polar surface area (TPSA) is 65.0 Å². The van der Waals surface area contributed by atoms with Gasteiger partial charge in [0.15, 0.2) is 0 Å². The van der Waals surface area contributed by atoms with Crippen molar-refractivity contribution in [1.29, 1.82) is 0 Å². The molecule has 12 heavy (non-hydrogen) atoms. The van der Waals surface area contributed by atoms with Crippen LogP contribution in [0.1, 0.15) is 13.8 Å². The summed E-state index contributed by atoms with van der Waals surface area (Å²) in [5.41, 5.74) is 0.250. The van der Waals surface area contributed by atoms with Crippen molar-refractivity contribution in [3.8, 4) is 0 Å². The molecule has 0 saturated heterocycles. The first kappa shape index (κ1) is 10.4. The zero-order valence-electron chi connectivity index (χ0n) is 6.86. The zero-order valence-corrected chi connectivity index (χ0v) is 6.86. The second-order valence-electron chi connectivity index (χ2n) is 2.04. The monoisotopic (exact) mass is 171 g/mol. The lowest BCUT2D eigenvalue weighted by Gasteiger charge is -2.08. The molecule has 0 amide bonds. The fourth-order valence-electron chi connectivity index (χ4n) is 0.369. The Hall–Kier alpha value is -1.61. The van der Waals surface area contributed by atoms with Crippen LogP contribution in [0.3, 0.4) is 0 Å². The van der Waals surface area contributed by atoms with Crippen LogP contribution in [-0.2, 0) is 19.2 Å². The van der Waals surface area contributed by atoms with Gasteiger partial charge in [-0.2, -0.15) is 0 Å². The van der Waals surface area contributed by atoms with Crippen LogP contribution in [0, 0.1) is 0 Å². The van der Waals surface area contributed by atoms with Crippen LogP contribution in [0.4, 0.5) is 0 Å². The maximum Gasteiger partial charge on any atom is 0.336 e. The van der Waals surface area contributed by atoms with Gasteiger partial charge < -0.3 is 9.57 Å². The maximum atomic E-state index is 10.8. The molecule has 5 heteroatoms. The molecule has 0 rings (SSSR count). The third-order valence-corrected chi connectivity index (χ3v) is 0.860. The molecule has 0 bridgehead atoms. The van der Waals surface area contributed by atoms with Crippen LogP contribution in [0.25, 0.3) is 0 Å². The smallest absolute Gasteiger partial charge is 0.336 e. The molecule has 0 aliphatic rings. The first-order valence-electron chi connectivity index (χ1n) is 3.17. The lowest BCUT2D eigenvalue weighted by atomic mass is 10.4. The fraction of sp³-hybridized carbons (Fsp3) is 0.429. The molecule has 0 aromatic carbocycles. The predicted molar refractivity (Wildman–Crippen MR) is 39.6 cm³/mol. The number of rotatable bonds is 4. The van der Waals surface area contributed by atoms with Crippen LogP contribution in [0.15, 0.2) is 17.3 Å². The Morgan fingerprint density at radius 3 is 2.67 bits per heavy atom. The van der Waals surface area contributed by atoms with E-state index < -0.39 is 12.3 Å². The fourth-order valence-corrected chi connectivity index (χ4v) is 0.369. The minimum Gasteiger partial charge on any atom is -0.420 e. The molecule has 66 valence electrons. The van der Waals surface area contributed by atoms with Gasteiger partial charge in [0.2, 0.25) is 0 Å². The van der Waals surface area contributed by atoms with Gasteiger partial charge in [0.1, 0.15) is 0 Å². The zero-order chi connectivity index (χ0) is 9.56. The predicted octanol–water partition coefficient (Wildman–Crippen LogP) is 0.719. The molecule has 0 heterocycles. The van der Waals surface area contributed by atoms with Gasteiger partial charge in [-0.15, -0.1) is 0 Å². The van der Waals surface area contributed by atoms with E-state index in [1.165, 1.54) is 13.8 Å². The second kappa shape index (κ2) is 5.09. The minimum atomic E-state index is -0.907. The molecular weight excluding hydrogens is 162 g/mol. The highest BCUT2D eigenvalue weighted by Crippen LogP contribution is 1.99. The van der Waals surface area contributed by atoms with Crippen molar-refractivity contribution in [3.63, 3.8) is 0 Å². The number of hydrogen-bond donors (Lipinski definition) is 0. The lowest BCUT2D eigenvalue weighted by molar-refractivity contribution is -0.169. The summed E-state index contributed by atoms with van der Waals surface area (Å²) in [5.74, 6) is -0.594. The van der Waals surface area contributed by atoms with Crippen molar-refractivity contribution in [1.82, 2.24) is 0 Å². The number of ether oxygens (including phenoxy) is 1. The third kappa shape index (κ3) is 4.24. The van der Waals surface area contributed by atoms with Gasteiger partial charge in [0.05, 0.1) is 0 Å². The average Bonchev–Trinajstić information content (AvgIpc) is 2.00. The standard InChI is InChI=1S/C7H9NO4/c1-5(2)7(10)11-6(3)12-8-4-9/h6H,1H2,2-3H3. The van der Waals surface area contributed by atoms with E-state index in [2.05, 4.69) is 21.3 Å². The van der Waals surface area contributed by atoms with E-state index >= 15 is 0 Å². The van der Waals surface area contributed by atoms with Gasteiger partial charge in [0, 0.05) is 17.7 Å². The van der Waals surface area contributed by atoms with E-state index in [4.69, 9.17) is 0 Å². The summed E-state index contributed by atoms with van der Waals surface area (Å²) in [5, 5.41) is 2.77. The van der Waals surface area contributed by atoms with Crippen molar-refractivity contribution >= 4 is 12.0 Å². The van der Waals surface area contributed by atoms with E-state index in [1.807, 2.05) is 0 Å². The summed E-state index contributed by atoms with van der Waals surface area (Å²) in [4.78, 5) is 24.7. The number of isocyanates is 1. The van der Waals surface area contributed by atoms with Gasteiger partial charge in [-0.3, -0.25) is 0 Å². The number of hydrogen-bond acceptors (Lipinski definition) is 5. The molecule has 0 saturated carbocycles. The molecule has 0 N–H and O–H groups in total. The van der Waals surface area contributed by atoms with Crippen molar-refractivity contribution in [3.05, 3.63) is 12.2 Å². The van der Waals surface area contributed by atoms with E-state index in [1.54, 1.807) is 0 Å². The van der Waals surface area contributed by atoms with E-state index in [0.717, 1.165) is 6.08 Å². The first-order chi connectivity index (χ1) is 5.57. The highest BCUT2D eigenvalue weighted by molar-refractivity contribution is 5.86. The van der Waals surface area contributed by atoms with E-state index in [0.29, 0.717) is 0 Å². The molecule has 0 spiro atoms. The summed E-state index contributed by atoms with van der Waals surface area (Å²) in [6, 6.07) is 0. The normalized spacial score (nSPS) is 10.8. The largest absolute Gasteiger partial charge is 0.420 e. The average molecular weight is 171 g/mol. The van der Waals surface area contributed by atoms with Crippen LogP contribution < -0.4 is 0 Å². The number of esters is 1. The van der Waals surface area contributed by atoms with E-state index in [9.17, 15) is 9.59 Å². The van der Waals surface area contributed by atoms with Gasteiger partial charge in [-0.1, -0.05) is 6.58 Å². The van der Waals surface area contributed by atoms with Crippen LogP contribution in [0.5, 0.6) is 0 Å². The van der Waals surface area contributed by atoms with Crippen LogP contribution in [-0.4, -0.2) is 18.3 Å². The molecule has 5 nitrogen and oxygen atoms in total. The molecule has 1 atom stereocenters. The van der Waals surface area contributed by atoms with Gasteiger partial charge in [-0.25, -0.2) is 9.59 Å².